The van der Waals surface area contributed by atoms with Crippen molar-refractivity contribution < 1.29 is 9.53 Å². The number of hydrogen-bond donors (Lipinski definition) is 0. The largest absolute Gasteiger partial charge is 0.462 e. The van der Waals surface area contributed by atoms with Gasteiger partial charge in [0.15, 0.2) is 0 Å². The second-order valence-corrected chi connectivity index (χ2v) is 5.48. The average Bonchev–Trinajstić information content (AvgIpc) is 2.73. The molecule has 21 heavy (non-hydrogen) atoms. The Kier molecular flexibility index (Phi) is 4.91. The molecule has 0 radical (unpaired) electrons. The van der Waals surface area contributed by atoms with Crippen molar-refractivity contribution >= 4 is 29.2 Å². The molecule has 1 heterocycles. The fraction of sp³-hybridized carbons (Fsp3) is 0.333. The van der Waals surface area contributed by atoms with Crippen LogP contribution in [0.2, 0.25) is 10.0 Å². The highest BCUT2D eigenvalue weighted by Crippen LogP contribution is 2.25. The Morgan fingerprint density at radius 2 is 2.05 bits per heavy atom. The van der Waals surface area contributed by atoms with Crippen LogP contribution in [-0.4, -0.2) is 22.4 Å². The summed E-state index contributed by atoms with van der Waals surface area (Å²) in [7, 11) is 0. The topological polar surface area (TPSA) is 44.1 Å². The molecular weight excluding hydrogens is 311 g/mol. The Labute approximate surface area is 133 Å². The Bertz CT molecular complexity index is 681. The third kappa shape index (κ3) is 3.22. The first kappa shape index (κ1) is 15.9. The molecular formula is C15H16Cl2N2O2. The lowest BCUT2D eigenvalue weighted by Gasteiger charge is -2.09. The lowest BCUT2D eigenvalue weighted by molar-refractivity contribution is 0.0505. The number of ether oxygens (including phenoxy) is 1. The third-order valence-corrected chi connectivity index (χ3v) is 3.93. The van der Waals surface area contributed by atoms with Gasteiger partial charge in [0, 0.05) is 0 Å². The van der Waals surface area contributed by atoms with Gasteiger partial charge < -0.3 is 4.74 Å². The van der Waals surface area contributed by atoms with Crippen LogP contribution in [0.25, 0.3) is 5.69 Å². The van der Waals surface area contributed by atoms with E-state index in [1.165, 1.54) is 0 Å². The molecule has 0 saturated carbocycles. The van der Waals surface area contributed by atoms with Crippen molar-refractivity contribution in [3.63, 3.8) is 0 Å². The molecule has 0 fully saturated rings. The molecule has 1 aromatic carbocycles. The van der Waals surface area contributed by atoms with E-state index in [1.807, 2.05) is 20.8 Å². The van der Waals surface area contributed by atoms with Crippen LogP contribution in [0.1, 0.15) is 35.1 Å². The van der Waals surface area contributed by atoms with Crippen LogP contribution >= 0.6 is 23.2 Å². The van der Waals surface area contributed by atoms with Crippen LogP contribution in [0.15, 0.2) is 18.2 Å². The van der Waals surface area contributed by atoms with Gasteiger partial charge in [0.05, 0.1) is 39.3 Å². The van der Waals surface area contributed by atoms with Crippen molar-refractivity contribution in [1.82, 2.24) is 9.78 Å². The van der Waals surface area contributed by atoms with Gasteiger partial charge in [0.1, 0.15) is 0 Å². The molecule has 1 aromatic heterocycles. The second kappa shape index (κ2) is 6.50. The molecule has 0 spiro atoms. The Morgan fingerprint density at radius 1 is 1.33 bits per heavy atom. The monoisotopic (exact) mass is 326 g/mol. The standard InChI is InChI=1S/C15H16Cl2N2O2/c1-4-7-21-15(20)12-8-11(5-6-13(12)16)19-10(3)14(17)9(2)18-19/h5-6,8H,4,7H2,1-3H3. The van der Waals surface area contributed by atoms with Crippen molar-refractivity contribution in [1.29, 1.82) is 0 Å². The lowest BCUT2D eigenvalue weighted by atomic mass is 10.2. The molecule has 0 amide bonds. The smallest absolute Gasteiger partial charge is 0.339 e. The molecule has 0 aliphatic carbocycles. The van der Waals surface area contributed by atoms with Gasteiger partial charge >= 0.3 is 5.97 Å². The molecule has 0 N–H and O–H groups in total. The van der Waals surface area contributed by atoms with Gasteiger partial charge in [-0.3, -0.25) is 0 Å². The first-order valence-corrected chi connectivity index (χ1v) is 7.40. The van der Waals surface area contributed by atoms with Crippen LogP contribution in [0, 0.1) is 13.8 Å². The Hall–Kier alpha value is -1.52. The molecule has 0 saturated heterocycles. The minimum atomic E-state index is -0.434. The Balaban J connectivity index is 2.43. The quantitative estimate of drug-likeness (QED) is 0.784. The number of aryl methyl sites for hydroxylation is 1. The predicted molar refractivity (Wildman–Crippen MR) is 83.6 cm³/mol. The second-order valence-electron chi connectivity index (χ2n) is 4.70. The molecule has 4 nitrogen and oxygen atoms in total. The van der Waals surface area contributed by atoms with Crippen molar-refractivity contribution in [2.75, 3.05) is 6.61 Å². The van der Waals surface area contributed by atoms with Gasteiger partial charge in [-0.2, -0.15) is 5.10 Å². The van der Waals surface area contributed by atoms with Gasteiger partial charge in [-0.05, 0) is 38.5 Å². The lowest BCUT2D eigenvalue weighted by Crippen LogP contribution is -2.08. The maximum Gasteiger partial charge on any atom is 0.339 e. The van der Waals surface area contributed by atoms with Gasteiger partial charge in [-0.1, -0.05) is 30.1 Å². The van der Waals surface area contributed by atoms with Crippen molar-refractivity contribution in [3.05, 3.63) is 45.2 Å². The van der Waals surface area contributed by atoms with Crippen molar-refractivity contribution in [2.45, 2.75) is 27.2 Å². The molecule has 0 bridgehead atoms. The van der Waals surface area contributed by atoms with Crippen LogP contribution in [-0.2, 0) is 4.74 Å². The van der Waals surface area contributed by atoms with Gasteiger partial charge in [0.25, 0.3) is 0 Å². The van der Waals surface area contributed by atoms with Gasteiger partial charge in [0.2, 0.25) is 0 Å². The van der Waals surface area contributed by atoms with E-state index in [-0.39, 0.29) is 0 Å². The minimum absolute atomic E-state index is 0.325. The van der Waals surface area contributed by atoms with Crippen LogP contribution in [0.3, 0.4) is 0 Å². The minimum Gasteiger partial charge on any atom is -0.462 e. The maximum absolute atomic E-state index is 12.0. The first-order chi connectivity index (χ1) is 9.95. The van der Waals surface area contributed by atoms with E-state index in [4.69, 9.17) is 27.9 Å². The molecule has 0 atom stereocenters. The number of rotatable bonds is 4. The number of hydrogen-bond acceptors (Lipinski definition) is 3. The summed E-state index contributed by atoms with van der Waals surface area (Å²) >= 11 is 12.2. The molecule has 0 unspecified atom stereocenters. The Morgan fingerprint density at radius 3 is 2.62 bits per heavy atom. The summed E-state index contributed by atoms with van der Waals surface area (Å²) in [6, 6.07) is 5.11. The SMILES string of the molecule is CCCOC(=O)c1cc(-n2nc(C)c(Cl)c2C)ccc1Cl. The summed E-state index contributed by atoms with van der Waals surface area (Å²) in [4.78, 5) is 12.0. The normalized spacial score (nSPS) is 10.7. The van der Waals surface area contributed by atoms with E-state index in [1.54, 1.807) is 22.9 Å². The van der Waals surface area contributed by atoms with Crippen LogP contribution < -0.4 is 0 Å². The number of benzene rings is 1. The number of halogens is 2. The molecule has 2 aromatic rings. The number of nitrogens with zero attached hydrogens (tertiary/aromatic N) is 2. The molecule has 0 aliphatic rings. The van der Waals surface area contributed by atoms with E-state index < -0.39 is 5.97 Å². The van der Waals surface area contributed by atoms with E-state index in [9.17, 15) is 4.79 Å². The zero-order valence-corrected chi connectivity index (χ0v) is 13.6. The summed E-state index contributed by atoms with van der Waals surface area (Å²) in [5.74, 6) is -0.434. The molecule has 112 valence electrons. The highest BCUT2D eigenvalue weighted by atomic mass is 35.5. The number of carbonyl (C=O) groups excluding carboxylic acids is 1. The molecule has 0 aliphatic heterocycles. The number of esters is 1. The van der Waals surface area contributed by atoms with Gasteiger partial charge in [-0.15, -0.1) is 0 Å². The zero-order valence-electron chi connectivity index (χ0n) is 12.1. The summed E-state index contributed by atoms with van der Waals surface area (Å²) < 4.78 is 6.81. The highest BCUT2D eigenvalue weighted by Gasteiger charge is 2.16. The molecule has 6 heteroatoms. The van der Waals surface area contributed by atoms with E-state index in [0.717, 1.165) is 23.5 Å². The summed E-state index contributed by atoms with van der Waals surface area (Å²) in [6.07, 6.45) is 0.760. The van der Waals surface area contributed by atoms with Gasteiger partial charge in [-0.25, -0.2) is 9.48 Å². The number of aromatic nitrogens is 2. The fourth-order valence-electron chi connectivity index (χ4n) is 1.95. The van der Waals surface area contributed by atoms with Crippen molar-refractivity contribution in [2.24, 2.45) is 0 Å². The highest BCUT2D eigenvalue weighted by molar-refractivity contribution is 6.33. The summed E-state index contributed by atoms with van der Waals surface area (Å²) in [5.41, 5.74) is 2.59. The average molecular weight is 327 g/mol. The number of carbonyl (C=O) groups is 1. The maximum atomic E-state index is 12.0. The van der Waals surface area contributed by atoms with Crippen molar-refractivity contribution in [3.8, 4) is 5.69 Å². The zero-order chi connectivity index (χ0) is 15.6. The van der Waals surface area contributed by atoms with Crippen LogP contribution in [0.4, 0.5) is 0 Å². The predicted octanol–water partition coefficient (Wildman–Crippen LogP) is 4.36. The third-order valence-electron chi connectivity index (χ3n) is 3.05. The molecule has 2 rings (SSSR count). The summed E-state index contributed by atoms with van der Waals surface area (Å²) in [5, 5.41) is 5.33. The van der Waals surface area contributed by atoms with Crippen LogP contribution in [0.5, 0.6) is 0 Å². The first-order valence-electron chi connectivity index (χ1n) is 6.64. The van der Waals surface area contributed by atoms with E-state index in [2.05, 4.69) is 5.10 Å². The fourth-order valence-corrected chi connectivity index (χ4v) is 2.26. The van der Waals surface area contributed by atoms with E-state index >= 15 is 0 Å². The van der Waals surface area contributed by atoms with E-state index in [0.29, 0.717) is 22.2 Å². The summed E-state index contributed by atoms with van der Waals surface area (Å²) in [6.45, 7) is 6.00.